The van der Waals surface area contributed by atoms with Crippen molar-refractivity contribution in [3.05, 3.63) is 40.6 Å². The van der Waals surface area contributed by atoms with Crippen LogP contribution in [0.3, 0.4) is 0 Å². The number of hydroxylamine groups is 3. The molecule has 1 aromatic rings. The molecule has 3 heterocycles. The Balaban J connectivity index is 1.33. The van der Waals surface area contributed by atoms with E-state index in [1.165, 1.54) is 11.1 Å². The van der Waals surface area contributed by atoms with Crippen LogP contribution in [0.2, 0.25) is 0 Å². The normalized spacial score (nSPS) is 38.1. The van der Waals surface area contributed by atoms with Gasteiger partial charge in [-0.3, -0.25) is 0 Å². The SMILES string of the molecule is CN1CC[C@]23c4c5ccc(OCC[N+]6([O-])CCOCC6)c4O[C@H]2[C@@H](O)C=C[C@H]3[C@H]1C5. The number of likely N-dealkylation sites (N-methyl/N-ethyl adjacent to an activating group) is 1. The highest BCUT2D eigenvalue weighted by molar-refractivity contribution is 5.62. The molecule has 0 unspecified atom stereocenters. The average molecular weight is 415 g/mol. The first kappa shape index (κ1) is 19.1. The molecule has 7 nitrogen and oxygen atoms in total. The van der Waals surface area contributed by atoms with Crippen molar-refractivity contribution in [1.29, 1.82) is 0 Å². The number of aliphatic hydroxyl groups excluding tert-OH is 1. The van der Waals surface area contributed by atoms with E-state index in [1.807, 2.05) is 12.1 Å². The largest absolute Gasteiger partial charge is 0.633 e. The van der Waals surface area contributed by atoms with Gasteiger partial charge in [-0.15, -0.1) is 0 Å². The summed E-state index contributed by atoms with van der Waals surface area (Å²) in [5, 5.41) is 23.6. The van der Waals surface area contributed by atoms with Crippen molar-refractivity contribution < 1.29 is 24.0 Å². The number of benzene rings is 1. The molecule has 0 saturated carbocycles. The maximum atomic E-state index is 12.8. The molecule has 0 aromatic heterocycles. The lowest BCUT2D eigenvalue weighted by Gasteiger charge is -2.56. The topological polar surface area (TPSA) is 74.2 Å². The first-order chi connectivity index (χ1) is 14.5. The van der Waals surface area contributed by atoms with Gasteiger partial charge in [-0.05, 0) is 38.1 Å². The average Bonchev–Trinajstić information content (AvgIpc) is 3.09. The molecule has 2 bridgehead atoms. The summed E-state index contributed by atoms with van der Waals surface area (Å²) in [5.74, 6) is 1.85. The molecule has 0 radical (unpaired) electrons. The smallest absolute Gasteiger partial charge is 0.166 e. The summed E-state index contributed by atoms with van der Waals surface area (Å²) in [6.45, 7) is 3.77. The molecule has 6 rings (SSSR count). The van der Waals surface area contributed by atoms with Crippen molar-refractivity contribution in [2.24, 2.45) is 5.92 Å². The Hall–Kier alpha value is -1.64. The van der Waals surface area contributed by atoms with Gasteiger partial charge in [0.25, 0.3) is 0 Å². The third-order valence-corrected chi connectivity index (χ3v) is 8.18. The van der Waals surface area contributed by atoms with Gasteiger partial charge in [0.05, 0.1) is 13.2 Å². The Bertz CT molecular complexity index is 883. The predicted molar refractivity (Wildman–Crippen MR) is 110 cm³/mol. The Morgan fingerprint density at radius 3 is 2.97 bits per heavy atom. The standard InChI is InChI=1S/C23H30N2O5/c1-24-7-6-23-16-3-4-18(26)22(23)30-21-19(5-2-15(20(21)23)14-17(16)24)29-13-10-25(27)8-11-28-12-9-25/h2-5,16-18,22,26H,6-14H2,1H3/t16-,17+,18-,22-,23-/m0/s1. The second-order valence-corrected chi connectivity index (χ2v) is 9.60. The van der Waals surface area contributed by atoms with Crippen LogP contribution in [0.15, 0.2) is 24.3 Å². The van der Waals surface area contributed by atoms with Gasteiger partial charge in [0, 0.05) is 22.9 Å². The number of nitrogens with zero attached hydrogens (tertiary/aromatic N) is 2. The van der Waals surface area contributed by atoms with Crippen LogP contribution in [0, 0.1) is 11.1 Å². The number of morpholine rings is 1. The van der Waals surface area contributed by atoms with Crippen LogP contribution < -0.4 is 9.47 Å². The zero-order chi connectivity index (χ0) is 20.5. The van der Waals surface area contributed by atoms with Gasteiger partial charge >= 0.3 is 0 Å². The molecular formula is C23H30N2O5. The van der Waals surface area contributed by atoms with Crippen LogP contribution >= 0.6 is 0 Å². The van der Waals surface area contributed by atoms with Crippen LogP contribution in [0.1, 0.15) is 17.5 Å². The van der Waals surface area contributed by atoms with Gasteiger partial charge in [0.15, 0.2) is 11.5 Å². The first-order valence-electron chi connectivity index (χ1n) is 11.2. The first-order valence-corrected chi connectivity index (χ1v) is 11.2. The maximum Gasteiger partial charge on any atom is 0.166 e. The third kappa shape index (κ3) is 2.56. The number of rotatable bonds is 4. The molecule has 1 aromatic carbocycles. The molecule has 5 aliphatic rings. The highest BCUT2D eigenvalue weighted by Gasteiger charge is 2.64. The monoisotopic (exact) mass is 414 g/mol. The van der Waals surface area contributed by atoms with Gasteiger partial charge in [-0.2, -0.15) is 0 Å². The van der Waals surface area contributed by atoms with Gasteiger partial charge in [-0.25, -0.2) is 0 Å². The van der Waals surface area contributed by atoms with Gasteiger partial charge in [-0.1, -0.05) is 18.2 Å². The van der Waals surface area contributed by atoms with E-state index in [4.69, 9.17) is 14.2 Å². The molecule has 3 aliphatic heterocycles. The van der Waals surface area contributed by atoms with Crippen LogP contribution in [0.25, 0.3) is 0 Å². The van der Waals surface area contributed by atoms with E-state index in [9.17, 15) is 10.3 Å². The molecule has 2 fully saturated rings. The lowest BCUT2D eigenvalue weighted by Crippen LogP contribution is -2.64. The van der Waals surface area contributed by atoms with Crippen LogP contribution in [0.5, 0.6) is 11.5 Å². The van der Waals surface area contributed by atoms with Gasteiger partial charge in [0.2, 0.25) is 0 Å². The summed E-state index contributed by atoms with van der Waals surface area (Å²) in [5.41, 5.74) is 2.39. The van der Waals surface area contributed by atoms with E-state index in [0.29, 0.717) is 57.2 Å². The molecule has 5 atom stereocenters. The van der Waals surface area contributed by atoms with E-state index in [1.54, 1.807) is 0 Å². The minimum absolute atomic E-state index is 0.176. The molecule has 30 heavy (non-hydrogen) atoms. The highest BCUT2D eigenvalue weighted by atomic mass is 16.6. The van der Waals surface area contributed by atoms with E-state index in [-0.39, 0.29) is 16.2 Å². The van der Waals surface area contributed by atoms with Crippen LogP contribution in [0.4, 0.5) is 0 Å². The molecule has 1 spiro atoms. The molecule has 2 saturated heterocycles. The lowest BCUT2D eigenvalue weighted by molar-refractivity contribution is -0.888. The van der Waals surface area contributed by atoms with Crippen LogP contribution in [-0.2, 0) is 16.6 Å². The molecule has 2 aliphatic carbocycles. The number of ether oxygens (including phenoxy) is 3. The zero-order valence-electron chi connectivity index (χ0n) is 17.5. The predicted octanol–water partition coefficient (Wildman–Crippen LogP) is 1.22. The Labute approximate surface area is 177 Å². The number of likely N-dealkylation sites (tertiary alicyclic amines) is 1. The maximum absolute atomic E-state index is 12.8. The van der Waals surface area contributed by atoms with E-state index in [2.05, 4.69) is 24.1 Å². The summed E-state index contributed by atoms with van der Waals surface area (Å²) in [7, 11) is 2.21. The van der Waals surface area contributed by atoms with Crippen molar-refractivity contribution in [1.82, 2.24) is 4.90 Å². The van der Waals surface area contributed by atoms with Crippen molar-refractivity contribution in [3.8, 4) is 11.5 Å². The Morgan fingerprint density at radius 1 is 1.30 bits per heavy atom. The Morgan fingerprint density at radius 2 is 2.13 bits per heavy atom. The summed E-state index contributed by atoms with van der Waals surface area (Å²) in [6.07, 6.45) is 5.23. The third-order valence-electron chi connectivity index (χ3n) is 8.18. The minimum atomic E-state index is -0.611. The van der Waals surface area contributed by atoms with E-state index in [0.717, 1.165) is 25.1 Å². The van der Waals surface area contributed by atoms with Crippen molar-refractivity contribution in [2.45, 2.75) is 36.5 Å². The van der Waals surface area contributed by atoms with E-state index < -0.39 is 6.10 Å². The zero-order valence-corrected chi connectivity index (χ0v) is 17.5. The molecule has 1 N–H and O–H groups in total. The fourth-order valence-corrected chi connectivity index (χ4v) is 6.56. The fourth-order valence-electron chi connectivity index (χ4n) is 6.56. The molecular weight excluding hydrogens is 384 g/mol. The van der Waals surface area contributed by atoms with Gasteiger partial charge < -0.3 is 34.1 Å². The number of aliphatic hydroxyl groups is 1. The highest BCUT2D eigenvalue weighted by Crippen LogP contribution is 2.62. The molecule has 162 valence electrons. The van der Waals surface area contributed by atoms with Gasteiger partial charge in [0.1, 0.15) is 38.4 Å². The number of hydrogen-bond acceptors (Lipinski definition) is 6. The van der Waals surface area contributed by atoms with E-state index >= 15 is 0 Å². The lowest BCUT2D eigenvalue weighted by atomic mass is 9.53. The Kier molecular flexibility index (Phi) is 4.25. The summed E-state index contributed by atoms with van der Waals surface area (Å²) in [4.78, 5) is 2.46. The van der Waals surface area contributed by atoms with Crippen molar-refractivity contribution >= 4 is 0 Å². The quantitative estimate of drug-likeness (QED) is 0.454. The number of piperidine rings is 1. The summed E-state index contributed by atoms with van der Waals surface area (Å²) in [6, 6.07) is 4.60. The summed E-state index contributed by atoms with van der Waals surface area (Å²) >= 11 is 0. The minimum Gasteiger partial charge on any atom is -0.633 e. The molecule has 0 amide bonds. The number of quaternary nitrogens is 1. The van der Waals surface area contributed by atoms with Crippen molar-refractivity contribution in [2.75, 3.05) is 53.0 Å². The van der Waals surface area contributed by atoms with Crippen LogP contribution in [-0.4, -0.2) is 85.9 Å². The molecule has 7 heteroatoms. The second kappa shape index (κ2) is 6.68. The summed E-state index contributed by atoms with van der Waals surface area (Å²) < 4.78 is 17.7. The number of hydrogen-bond donors (Lipinski definition) is 1. The fraction of sp³-hybridized carbons (Fsp3) is 0.652. The second-order valence-electron chi connectivity index (χ2n) is 9.60. The van der Waals surface area contributed by atoms with Crippen molar-refractivity contribution in [3.63, 3.8) is 0 Å².